The van der Waals surface area contributed by atoms with E-state index < -0.39 is 5.54 Å². The fourth-order valence-electron chi connectivity index (χ4n) is 3.11. The van der Waals surface area contributed by atoms with Crippen molar-refractivity contribution in [3.8, 4) is 0 Å². The molecule has 1 aromatic rings. The topological polar surface area (TPSA) is 47.6 Å². The predicted molar refractivity (Wildman–Crippen MR) is 75.7 cm³/mol. The minimum Gasteiger partial charge on any atom is -0.379 e. The molecule has 0 spiro atoms. The highest BCUT2D eigenvalue weighted by molar-refractivity contribution is 8.13. The molecule has 102 valence electrons. The van der Waals surface area contributed by atoms with Gasteiger partial charge in [0.15, 0.2) is 5.17 Å². The maximum atomic E-state index is 14.2. The van der Waals surface area contributed by atoms with Crippen LogP contribution in [0.25, 0.3) is 0 Å². The van der Waals surface area contributed by atoms with Crippen molar-refractivity contribution in [2.24, 2.45) is 16.6 Å². The molecule has 1 aromatic carbocycles. The molecule has 0 radical (unpaired) electrons. The van der Waals surface area contributed by atoms with Crippen LogP contribution in [0.5, 0.6) is 0 Å². The van der Waals surface area contributed by atoms with Gasteiger partial charge in [-0.3, -0.25) is 4.99 Å². The van der Waals surface area contributed by atoms with Crippen molar-refractivity contribution in [2.45, 2.75) is 25.0 Å². The number of hydrogen-bond donors (Lipinski definition) is 1. The second-order valence-electron chi connectivity index (χ2n) is 5.10. The number of nitrogens with zero attached hydrogens (tertiary/aromatic N) is 1. The van der Waals surface area contributed by atoms with Crippen LogP contribution >= 0.6 is 11.8 Å². The van der Waals surface area contributed by atoms with Gasteiger partial charge in [0.05, 0.1) is 11.6 Å². The largest absolute Gasteiger partial charge is 0.379 e. The summed E-state index contributed by atoms with van der Waals surface area (Å²) in [6, 6.07) is 6.89. The summed E-state index contributed by atoms with van der Waals surface area (Å²) in [7, 11) is 0. The summed E-state index contributed by atoms with van der Waals surface area (Å²) >= 11 is 1.53. The van der Waals surface area contributed by atoms with Crippen LogP contribution in [0.2, 0.25) is 0 Å². The minimum atomic E-state index is -0.557. The lowest BCUT2D eigenvalue weighted by atomic mass is 9.73. The Hall–Kier alpha value is -1.07. The zero-order chi connectivity index (χ0) is 13.5. The van der Waals surface area contributed by atoms with Crippen LogP contribution in [0.15, 0.2) is 29.3 Å². The van der Waals surface area contributed by atoms with Crippen molar-refractivity contribution in [3.63, 3.8) is 0 Å². The molecule has 3 rings (SSSR count). The third-order valence-corrected chi connectivity index (χ3v) is 5.02. The molecule has 0 saturated carbocycles. The Morgan fingerprint density at radius 2 is 2.26 bits per heavy atom. The molecule has 0 aromatic heterocycles. The molecule has 1 fully saturated rings. The Kier molecular flexibility index (Phi) is 3.27. The number of rotatable bonds is 1. The number of hydrogen-bond acceptors (Lipinski definition) is 4. The van der Waals surface area contributed by atoms with Crippen molar-refractivity contribution in [2.75, 3.05) is 12.4 Å². The first-order valence-corrected chi connectivity index (χ1v) is 7.47. The van der Waals surface area contributed by atoms with Gasteiger partial charge in [0, 0.05) is 30.3 Å². The van der Waals surface area contributed by atoms with Crippen molar-refractivity contribution >= 4 is 16.9 Å². The third-order valence-electron chi connectivity index (χ3n) is 4.10. The Morgan fingerprint density at radius 1 is 1.47 bits per heavy atom. The second kappa shape index (κ2) is 4.80. The highest BCUT2D eigenvalue weighted by Crippen LogP contribution is 2.48. The summed E-state index contributed by atoms with van der Waals surface area (Å²) in [5.74, 6) is 0.783. The monoisotopic (exact) mass is 280 g/mol. The summed E-state index contributed by atoms with van der Waals surface area (Å²) in [6.07, 6.45) is 0.752. The van der Waals surface area contributed by atoms with Crippen molar-refractivity contribution in [1.82, 2.24) is 0 Å². The molecular formula is C14H17FN2OS. The predicted octanol–water partition coefficient (Wildman–Crippen LogP) is 2.51. The second-order valence-corrected chi connectivity index (χ2v) is 6.14. The molecule has 2 aliphatic heterocycles. The van der Waals surface area contributed by atoms with E-state index in [2.05, 4.69) is 4.99 Å². The van der Waals surface area contributed by atoms with Gasteiger partial charge in [-0.1, -0.05) is 30.0 Å². The number of halogens is 1. The normalized spacial score (nSPS) is 34.5. The van der Waals surface area contributed by atoms with Crippen molar-refractivity contribution < 1.29 is 9.13 Å². The number of thioether (sulfide) groups is 1. The molecule has 2 N–H and O–H groups in total. The Bertz CT molecular complexity index is 522. The highest BCUT2D eigenvalue weighted by atomic mass is 32.2. The number of aliphatic imine (C=N–C) groups is 1. The van der Waals surface area contributed by atoms with Gasteiger partial charge in [0.1, 0.15) is 5.82 Å². The van der Waals surface area contributed by atoms with Crippen LogP contribution in [0, 0.1) is 11.7 Å². The van der Waals surface area contributed by atoms with Gasteiger partial charge in [0.2, 0.25) is 0 Å². The van der Waals surface area contributed by atoms with E-state index in [4.69, 9.17) is 10.5 Å². The fraction of sp³-hybridized carbons (Fsp3) is 0.500. The SMILES string of the molecule is C[C@H]1OCC[C@]2(c3ccccc3F)N=C(N)SC[C@H]12. The van der Waals surface area contributed by atoms with Crippen LogP contribution in [-0.2, 0) is 10.3 Å². The molecule has 0 bridgehead atoms. The smallest absolute Gasteiger partial charge is 0.154 e. The zero-order valence-corrected chi connectivity index (χ0v) is 11.6. The van der Waals surface area contributed by atoms with Crippen LogP contribution in [0.3, 0.4) is 0 Å². The van der Waals surface area contributed by atoms with Gasteiger partial charge in [-0.15, -0.1) is 0 Å². The van der Waals surface area contributed by atoms with E-state index in [0.29, 0.717) is 23.8 Å². The van der Waals surface area contributed by atoms with Crippen LogP contribution in [0.1, 0.15) is 18.9 Å². The first kappa shape index (κ1) is 12.9. The van der Waals surface area contributed by atoms with Crippen LogP contribution in [-0.4, -0.2) is 23.6 Å². The molecule has 0 unspecified atom stereocenters. The third kappa shape index (κ3) is 2.05. The molecule has 19 heavy (non-hydrogen) atoms. The molecule has 0 amide bonds. The van der Waals surface area contributed by atoms with Crippen LogP contribution in [0.4, 0.5) is 4.39 Å². The number of benzene rings is 1. The van der Waals surface area contributed by atoms with Gasteiger partial charge in [-0.25, -0.2) is 4.39 Å². The first-order chi connectivity index (χ1) is 9.13. The molecule has 2 aliphatic rings. The average Bonchev–Trinajstić information content (AvgIpc) is 2.39. The number of nitrogens with two attached hydrogens (primary N) is 1. The number of fused-ring (bicyclic) bond motifs is 1. The van der Waals surface area contributed by atoms with E-state index >= 15 is 0 Å². The van der Waals surface area contributed by atoms with Gasteiger partial charge < -0.3 is 10.5 Å². The summed E-state index contributed by atoms with van der Waals surface area (Å²) in [4.78, 5) is 4.65. The van der Waals surface area contributed by atoms with E-state index in [1.165, 1.54) is 17.8 Å². The Balaban J connectivity index is 2.15. The molecule has 0 aliphatic carbocycles. The molecule has 3 nitrogen and oxygen atoms in total. The van der Waals surface area contributed by atoms with Crippen molar-refractivity contribution in [3.05, 3.63) is 35.6 Å². The quantitative estimate of drug-likeness (QED) is 0.860. The highest BCUT2D eigenvalue weighted by Gasteiger charge is 2.49. The Morgan fingerprint density at radius 3 is 3.05 bits per heavy atom. The van der Waals surface area contributed by atoms with E-state index in [1.54, 1.807) is 6.07 Å². The summed E-state index contributed by atoms with van der Waals surface area (Å²) < 4.78 is 20.0. The lowest BCUT2D eigenvalue weighted by molar-refractivity contribution is -0.0514. The van der Waals surface area contributed by atoms with E-state index in [9.17, 15) is 4.39 Å². The van der Waals surface area contributed by atoms with E-state index in [1.807, 2.05) is 19.1 Å². The molecule has 2 heterocycles. The first-order valence-electron chi connectivity index (χ1n) is 6.48. The van der Waals surface area contributed by atoms with E-state index in [-0.39, 0.29) is 17.8 Å². The average molecular weight is 280 g/mol. The summed E-state index contributed by atoms with van der Waals surface area (Å²) in [5.41, 5.74) is 6.00. The van der Waals surface area contributed by atoms with Gasteiger partial charge in [0.25, 0.3) is 0 Å². The molecule has 5 heteroatoms. The van der Waals surface area contributed by atoms with Crippen LogP contribution < -0.4 is 5.73 Å². The number of ether oxygens (including phenoxy) is 1. The van der Waals surface area contributed by atoms with E-state index in [0.717, 1.165) is 5.75 Å². The molecule has 3 atom stereocenters. The Labute approximate surface area is 116 Å². The maximum Gasteiger partial charge on any atom is 0.154 e. The van der Waals surface area contributed by atoms with Gasteiger partial charge >= 0.3 is 0 Å². The maximum absolute atomic E-state index is 14.2. The van der Waals surface area contributed by atoms with Crippen molar-refractivity contribution in [1.29, 1.82) is 0 Å². The lowest BCUT2D eigenvalue weighted by Gasteiger charge is -2.47. The van der Waals surface area contributed by atoms with Gasteiger partial charge in [-0.05, 0) is 13.0 Å². The zero-order valence-electron chi connectivity index (χ0n) is 10.8. The minimum absolute atomic E-state index is 0.0673. The molecular weight excluding hydrogens is 263 g/mol. The molecule has 1 saturated heterocycles. The van der Waals surface area contributed by atoms with Gasteiger partial charge in [-0.2, -0.15) is 0 Å². The lowest BCUT2D eigenvalue weighted by Crippen LogP contribution is -2.50. The number of amidine groups is 1. The fourth-order valence-corrected chi connectivity index (χ4v) is 4.24. The standard InChI is InChI=1S/C14H17FN2OS/c1-9-11-8-19-13(16)17-14(11,6-7-18-9)10-4-2-3-5-12(10)15/h2-5,9,11H,6-8H2,1H3,(H2,16,17)/t9-,11-,14-/m1/s1. The summed E-state index contributed by atoms with van der Waals surface area (Å²) in [6.45, 7) is 2.63. The summed E-state index contributed by atoms with van der Waals surface area (Å²) in [5, 5.41) is 0.550.